The van der Waals surface area contributed by atoms with Gasteiger partial charge in [-0.05, 0) is 43.7 Å². The first-order valence-corrected chi connectivity index (χ1v) is 7.10. The predicted molar refractivity (Wildman–Crippen MR) is 82.9 cm³/mol. The smallest absolute Gasteiger partial charge is 0.287 e. The maximum Gasteiger partial charge on any atom is 0.287 e. The summed E-state index contributed by atoms with van der Waals surface area (Å²) in [7, 11) is 0. The first kappa shape index (κ1) is 14.1. The first-order valence-electron chi connectivity index (χ1n) is 7.10. The molecule has 2 heterocycles. The van der Waals surface area contributed by atoms with Crippen molar-refractivity contribution in [2.75, 3.05) is 0 Å². The van der Waals surface area contributed by atoms with Crippen LogP contribution in [0.4, 0.5) is 0 Å². The van der Waals surface area contributed by atoms with Crippen molar-refractivity contribution in [3.63, 3.8) is 0 Å². The summed E-state index contributed by atoms with van der Waals surface area (Å²) in [5.74, 6) is 0.148. The number of aromatic nitrogens is 2. The molecule has 0 aliphatic rings. The molecular formula is C17H17N3O2. The third-order valence-corrected chi connectivity index (χ3v) is 3.56. The van der Waals surface area contributed by atoms with Crippen molar-refractivity contribution >= 4 is 5.91 Å². The van der Waals surface area contributed by atoms with Gasteiger partial charge >= 0.3 is 0 Å². The second-order valence-corrected chi connectivity index (χ2v) is 5.17. The van der Waals surface area contributed by atoms with Crippen LogP contribution in [0.1, 0.15) is 34.6 Å². The Hall–Kier alpha value is -2.82. The van der Waals surface area contributed by atoms with E-state index < -0.39 is 0 Å². The average Bonchev–Trinajstić information content (AvgIpc) is 3.18. The minimum atomic E-state index is -0.209. The second kappa shape index (κ2) is 5.89. The standard InChI is InChI=1S/C17H17N3O2/c1-12-7-10-22-16(12)17(21)19-13(2)14-5-3-6-15(11-14)20-9-4-8-18-20/h3-11,13H,1-2H3,(H,19,21)/t13-/m1/s1. The van der Waals surface area contributed by atoms with E-state index in [0.717, 1.165) is 16.8 Å². The number of aryl methyl sites for hydroxylation is 1. The van der Waals surface area contributed by atoms with Crippen molar-refractivity contribution in [2.24, 2.45) is 0 Å². The normalized spacial score (nSPS) is 12.1. The summed E-state index contributed by atoms with van der Waals surface area (Å²) >= 11 is 0. The summed E-state index contributed by atoms with van der Waals surface area (Å²) in [6, 6.07) is 11.4. The molecule has 112 valence electrons. The number of hydrogen-bond acceptors (Lipinski definition) is 3. The van der Waals surface area contributed by atoms with Crippen molar-refractivity contribution in [3.05, 3.63) is 71.9 Å². The molecule has 0 spiro atoms. The van der Waals surface area contributed by atoms with Crippen LogP contribution in [-0.4, -0.2) is 15.7 Å². The van der Waals surface area contributed by atoms with Gasteiger partial charge in [0.1, 0.15) is 0 Å². The zero-order chi connectivity index (χ0) is 15.5. The van der Waals surface area contributed by atoms with Gasteiger partial charge in [0.25, 0.3) is 5.91 Å². The van der Waals surface area contributed by atoms with E-state index in [-0.39, 0.29) is 11.9 Å². The van der Waals surface area contributed by atoms with Crippen LogP contribution in [0.15, 0.2) is 59.5 Å². The van der Waals surface area contributed by atoms with Crippen molar-refractivity contribution in [1.82, 2.24) is 15.1 Å². The second-order valence-electron chi connectivity index (χ2n) is 5.17. The molecule has 0 aliphatic carbocycles. The maximum absolute atomic E-state index is 12.2. The zero-order valence-corrected chi connectivity index (χ0v) is 12.5. The number of furan rings is 1. The molecule has 5 nitrogen and oxygen atoms in total. The van der Waals surface area contributed by atoms with Crippen LogP contribution in [0.2, 0.25) is 0 Å². The summed E-state index contributed by atoms with van der Waals surface area (Å²) in [6.45, 7) is 3.79. The molecule has 3 aromatic rings. The van der Waals surface area contributed by atoms with Gasteiger partial charge in [0.05, 0.1) is 18.0 Å². The third-order valence-electron chi connectivity index (χ3n) is 3.56. The largest absolute Gasteiger partial charge is 0.459 e. The fourth-order valence-electron chi connectivity index (χ4n) is 2.31. The number of carbonyl (C=O) groups excluding carboxylic acids is 1. The van der Waals surface area contributed by atoms with Crippen LogP contribution in [0.25, 0.3) is 5.69 Å². The predicted octanol–water partition coefficient (Wildman–Crippen LogP) is 3.26. The molecular weight excluding hydrogens is 278 g/mol. The summed E-state index contributed by atoms with van der Waals surface area (Å²) in [4.78, 5) is 12.2. The van der Waals surface area contributed by atoms with E-state index in [0.29, 0.717) is 5.76 Å². The molecule has 0 unspecified atom stereocenters. The topological polar surface area (TPSA) is 60.1 Å². The lowest BCUT2D eigenvalue weighted by atomic mass is 10.1. The van der Waals surface area contributed by atoms with E-state index in [4.69, 9.17) is 4.42 Å². The highest BCUT2D eigenvalue weighted by molar-refractivity contribution is 5.93. The molecule has 0 bridgehead atoms. The van der Waals surface area contributed by atoms with Gasteiger partial charge < -0.3 is 9.73 Å². The summed E-state index contributed by atoms with van der Waals surface area (Å²) < 4.78 is 7.01. The maximum atomic E-state index is 12.2. The molecule has 2 aromatic heterocycles. The van der Waals surface area contributed by atoms with Gasteiger partial charge in [0.15, 0.2) is 5.76 Å². The Kier molecular flexibility index (Phi) is 3.78. The minimum Gasteiger partial charge on any atom is -0.459 e. The number of nitrogens with one attached hydrogen (secondary N) is 1. The van der Waals surface area contributed by atoms with E-state index in [2.05, 4.69) is 10.4 Å². The van der Waals surface area contributed by atoms with Crippen LogP contribution < -0.4 is 5.32 Å². The average molecular weight is 295 g/mol. The van der Waals surface area contributed by atoms with Crippen LogP contribution in [0.5, 0.6) is 0 Å². The zero-order valence-electron chi connectivity index (χ0n) is 12.5. The molecule has 0 aliphatic heterocycles. The molecule has 1 atom stereocenters. The van der Waals surface area contributed by atoms with Gasteiger partial charge in [-0.2, -0.15) is 5.10 Å². The molecule has 22 heavy (non-hydrogen) atoms. The Morgan fingerprint density at radius 3 is 2.86 bits per heavy atom. The summed E-state index contributed by atoms with van der Waals surface area (Å²) in [6.07, 6.45) is 5.14. The lowest BCUT2D eigenvalue weighted by Crippen LogP contribution is -2.26. The van der Waals surface area contributed by atoms with Gasteiger partial charge in [-0.25, -0.2) is 4.68 Å². The number of benzene rings is 1. The Morgan fingerprint density at radius 2 is 2.18 bits per heavy atom. The van der Waals surface area contributed by atoms with E-state index in [9.17, 15) is 4.79 Å². The van der Waals surface area contributed by atoms with E-state index >= 15 is 0 Å². The lowest BCUT2D eigenvalue weighted by Gasteiger charge is -2.15. The molecule has 1 N–H and O–H groups in total. The van der Waals surface area contributed by atoms with Gasteiger partial charge in [-0.1, -0.05) is 12.1 Å². The minimum absolute atomic E-state index is 0.132. The Morgan fingerprint density at radius 1 is 1.32 bits per heavy atom. The third kappa shape index (κ3) is 2.79. The van der Waals surface area contributed by atoms with Crippen molar-refractivity contribution in [1.29, 1.82) is 0 Å². The molecule has 0 saturated heterocycles. The first-order chi connectivity index (χ1) is 10.6. The van der Waals surface area contributed by atoms with Gasteiger partial charge in [-0.3, -0.25) is 4.79 Å². The number of hydrogen-bond donors (Lipinski definition) is 1. The highest BCUT2D eigenvalue weighted by atomic mass is 16.3. The molecule has 3 rings (SSSR count). The molecule has 1 aromatic carbocycles. The fourth-order valence-corrected chi connectivity index (χ4v) is 2.31. The fraction of sp³-hybridized carbons (Fsp3) is 0.176. The van der Waals surface area contributed by atoms with E-state index in [1.807, 2.05) is 50.4 Å². The van der Waals surface area contributed by atoms with Gasteiger partial charge in [0.2, 0.25) is 0 Å². The Labute approximate surface area is 128 Å². The van der Waals surface area contributed by atoms with E-state index in [1.165, 1.54) is 6.26 Å². The van der Waals surface area contributed by atoms with Crippen molar-refractivity contribution < 1.29 is 9.21 Å². The van der Waals surface area contributed by atoms with Crippen LogP contribution >= 0.6 is 0 Å². The molecule has 1 amide bonds. The summed E-state index contributed by atoms with van der Waals surface area (Å²) in [5.41, 5.74) is 2.79. The Balaban J connectivity index is 1.78. The highest BCUT2D eigenvalue weighted by Crippen LogP contribution is 2.18. The quantitative estimate of drug-likeness (QED) is 0.803. The monoisotopic (exact) mass is 295 g/mol. The van der Waals surface area contributed by atoms with Crippen LogP contribution in [0.3, 0.4) is 0 Å². The lowest BCUT2D eigenvalue weighted by molar-refractivity contribution is 0.0911. The van der Waals surface area contributed by atoms with Gasteiger partial charge in [-0.15, -0.1) is 0 Å². The Bertz CT molecular complexity index is 775. The summed E-state index contributed by atoms with van der Waals surface area (Å²) in [5, 5.41) is 7.16. The van der Waals surface area contributed by atoms with Crippen LogP contribution in [0, 0.1) is 6.92 Å². The number of carbonyl (C=O) groups is 1. The number of nitrogens with zero attached hydrogens (tertiary/aromatic N) is 2. The number of amides is 1. The van der Waals surface area contributed by atoms with E-state index in [1.54, 1.807) is 16.9 Å². The molecule has 0 fully saturated rings. The van der Waals surface area contributed by atoms with Crippen molar-refractivity contribution in [3.8, 4) is 5.69 Å². The highest BCUT2D eigenvalue weighted by Gasteiger charge is 2.16. The molecule has 0 radical (unpaired) electrons. The molecule has 5 heteroatoms. The SMILES string of the molecule is Cc1ccoc1C(=O)N[C@H](C)c1cccc(-n2cccn2)c1. The van der Waals surface area contributed by atoms with Gasteiger partial charge in [0, 0.05) is 18.0 Å². The van der Waals surface area contributed by atoms with Crippen molar-refractivity contribution in [2.45, 2.75) is 19.9 Å². The number of rotatable bonds is 4. The van der Waals surface area contributed by atoms with Crippen LogP contribution in [-0.2, 0) is 0 Å². The molecule has 0 saturated carbocycles.